The van der Waals surface area contributed by atoms with E-state index in [9.17, 15) is 22.8 Å². The van der Waals surface area contributed by atoms with Gasteiger partial charge >= 0.3 is 0 Å². The number of benzene rings is 3. The number of halogens is 3. The topological polar surface area (TPSA) is 124 Å². The van der Waals surface area contributed by atoms with Crippen LogP contribution in [-0.4, -0.2) is 24.3 Å². The zero-order valence-corrected chi connectivity index (χ0v) is 20.5. The van der Waals surface area contributed by atoms with E-state index in [2.05, 4.69) is 0 Å². The number of carbonyl (C=O) groups excluding carboxylic acids is 2. The number of aryl methyl sites for hydroxylation is 3. The summed E-state index contributed by atoms with van der Waals surface area (Å²) in [7, 11) is 0. The second-order valence-corrected chi connectivity index (χ2v) is 7.84. The summed E-state index contributed by atoms with van der Waals surface area (Å²) < 4.78 is 48.8. The zero-order valence-electron chi connectivity index (χ0n) is 20.5. The van der Waals surface area contributed by atoms with E-state index >= 15 is 0 Å². The fourth-order valence-electron chi connectivity index (χ4n) is 2.99. The van der Waals surface area contributed by atoms with Gasteiger partial charge in [0.15, 0.2) is 19.2 Å². The first-order chi connectivity index (χ1) is 18.0. The van der Waals surface area contributed by atoms with Gasteiger partial charge in [-0.05, 0) is 73.9 Å². The molecule has 0 radical (unpaired) electrons. The smallest absolute Gasteiger partial charge is 0.204 e. The van der Waals surface area contributed by atoms with Gasteiger partial charge < -0.3 is 14.3 Å². The minimum Gasteiger partial charge on any atom is -0.507 e. The van der Waals surface area contributed by atoms with Gasteiger partial charge in [0.05, 0.1) is 11.1 Å². The largest absolute Gasteiger partial charge is 0.507 e. The lowest BCUT2D eigenvalue weighted by molar-refractivity contribution is 0.111. The standard InChI is InChI=1S/C10H8FNO2.C10H6FNO.C8H7FO2/c1-7-4-10(14-3-2-12)8(6-13)5-9(7)11;1-6-2-10-7(4-9(6)11)3-8(5-12)13-10;1-5-2-8(11)6(4-10)3-7(5)9/h4-6H,3H2,1H3;2-4H,1H3;2-4,11H,1H3. The van der Waals surface area contributed by atoms with Crippen molar-refractivity contribution in [2.45, 2.75) is 20.8 Å². The molecule has 0 aliphatic rings. The molecule has 0 unspecified atom stereocenters. The van der Waals surface area contributed by atoms with Crippen molar-refractivity contribution in [3.8, 4) is 23.6 Å². The van der Waals surface area contributed by atoms with Crippen molar-refractivity contribution in [2.75, 3.05) is 6.61 Å². The van der Waals surface area contributed by atoms with E-state index in [1.165, 1.54) is 31.2 Å². The number of nitrogens with zero attached hydrogens (tertiary/aromatic N) is 2. The number of phenols is 1. The van der Waals surface area contributed by atoms with E-state index in [4.69, 9.17) is 24.8 Å². The lowest BCUT2D eigenvalue weighted by Crippen LogP contribution is -1.99. The number of rotatable bonds is 4. The number of ether oxygens (including phenoxy) is 1. The minimum absolute atomic E-state index is 0.0203. The van der Waals surface area contributed by atoms with Crippen LogP contribution in [0.25, 0.3) is 11.0 Å². The van der Waals surface area contributed by atoms with Gasteiger partial charge in [-0.3, -0.25) is 9.59 Å². The highest BCUT2D eigenvalue weighted by Gasteiger charge is 2.08. The van der Waals surface area contributed by atoms with Gasteiger partial charge in [-0.15, -0.1) is 0 Å². The Morgan fingerprint density at radius 1 is 0.842 bits per heavy atom. The maximum absolute atomic E-state index is 13.0. The highest BCUT2D eigenvalue weighted by Crippen LogP contribution is 2.23. The maximum atomic E-state index is 13.0. The molecule has 38 heavy (non-hydrogen) atoms. The Hall–Kier alpha value is -5.09. The molecule has 1 heterocycles. The van der Waals surface area contributed by atoms with E-state index in [-0.39, 0.29) is 40.8 Å². The molecule has 10 heteroatoms. The molecule has 0 aliphatic carbocycles. The van der Waals surface area contributed by atoms with Crippen molar-refractivity contribution in [2.24, 2.45) is 0 Å². The molecule has 4 rings (SSSR count). The van der Waals surface area contributed by atoms with Crippen LogP contribution in [0.15, 0.2) is 46.9 Å². The molecule has 4 aromatic rings. The van der Waals surface area contributed by atoms with Crippen LogP contribution in [0.1, 0.15) is 43.2 Å². The van der Waals surface area contributed by atoms with Crippen LogP contribution in [-0.2, 0) is 0 Å². The van der Waals surface area contributed by atoms with E-state index < -0.39 is 11.6 Å². The average molecular weight is 522 g/mol. The molecule has 0 fully saturated rings. The normalized spacial score (nSPS) is 9.68. The molecule has 0 bridgehead atoms. The number of fused-ring (bicyclic) bond motifs is 1. The molecule has 0 atom stereocenters. The Morgan fingerprint density at radius 2 is 1.39 bits per heavy atom. The van der Waals surface area contributed by atoms with Crippen LogP contribution >= 0.6 is 0 Å². The first-order valence-corrected chi connectivity index (χ1v) is 10.8. The second kappa shape index (κ2) is 13.3. The van der Waals surface area contributed by atoms with E-state index in [1.54, 1.807) is 26.0 Å². The number of phenolic OH excluding ortho intramolecular Hbond substituents is 1. The SMILES string of the molecule is Cc1cc(O)c(C=O)cc1F.Cc1cc(OCC#N)c(C=O)cc1F.Cc1cc2oc(C#N)cc2cc1F. The van der Waals surface area contributed by atoms with Gasteiger partial charge in [0.25, 0.3) is 0 Å². The number of carbonyl (C=O) groups is 2. The fraction of sp³-hybridized carbons (Fsp3) is 0.143. The van der Waals surface area contributed by atoms with Crippen LogP contribution in [0.5, 0.6) is 11.5 Å². The molecule has 0 saturated heterocycles. The molecular weight excluding hydrogens is 501 g/mol. The van der Waals surface area contributed by atoms with E-state index in [1.807, 2.05) is 6.07 Å². The predicted molar refractivity (Wildman–Crippen MR) is 131 cm³/mol. The Bertz CT molecular complexity index is 1530. The van der Waals surface area contributed by atoms with Crippen LogP contribution in [0.2, 0.25) is 0 Å². The van der Waals surface area contributed by atoms with Gasteiger partial charge in [-0.25, -0.2) is 13.2 Å². The van der Waals surface area contributed by atoms with Crippen LogP contribution in [0.3, 0.4) is 0 Å². The summed E-state index contributed by atoms with van der Waals surface area (Å²) in [6.07, 6.45) is 0.910. The third-order valence-corrected chi connectivity index (χ3v) is 5.05. The van der Waals surface area contributed by atoms with E-state index in [0.717, 1.165) is 12.1 Å². The Balaban J connectivity index is 0.000000202. The molecular formula is C28H21F3N2O5. The quantitative estimate of drug-likeness (QED) is 0.314. The van der Waals surface area contributed by atoms with Gasteiger partial charge in [-0.1, -0.05) is 0 Å². The Labute approximate surface area is 215 Å². The number of hydrogen-bond donors (Lipinski definition) is 1. The van der Waals surface area contributed by atoms with Gasteiger partial charge in [0.1, 0.15) is 46.7 Å². The lowest BCUT2D eigenvalue weighted by Gasteiger charge is -2.06. The van der Waals surface area contributed by atoms with Gasteiger partial charge in [0.2, 0.25) is 5.76 Å². The average Bonchev–Trinajstić information content (AvgIpc) is 3.29. The summed E-state index contributed by atoms with van der Waals surface area (Å²) in [4.78, 5) is 20.7. The molecule has 3 aromatic carbocycles. The summed E-state index contributed by atoms with van der Waals surface area (Å²) in [5.41, 5.74) is 1.87. The Morgan fingerprint density at radius 3 is 1.97 bits per heavy atom. The molecule has 7 nitrogen and oxygen atoms in total. The van der Waals surface area contributed by atoms with Crippen molar-refractivity contribution in [1.82, 2.24) is 0 Å². The van der Waals surface area contributed by atoms with Crippen molar-refractivity contribution < 1.29 is 37.0 Å². The Kier molecular flexibility index (Phi) is 10.2. The maximum Gasteiger partial charge on any atom is 0.204 e. The summed E-state index contributed by atoms with van der Waals surface area (Å²) in [5.74, 6) is -0.960. The van der Waals surface area contributed by atoms with Crippen LogP contribution in [0.4, 0.5) is 13.2 Å². The number of nitriles is 2. The third-order valence-electron chi connectivity index (χ3n) is 5.05. The minimum atomic E-state index is -0.482. The van der Waals surface area contributed by atoms with Gasteiger partial charge in [-0.2, -0.15) is 10.5 Å². The monoisotopic (exact) mass is 522 g/mol. The van der Waals surface area contributed by atoms with Crippen LogP contribution in [0, 0.1) is 60.9 Å². The first-order valence-electron chi connectivity index (χ1n) is 10.8. The predicted octanol–water partition coefficient (Wildman–Crippen LogP) is 6.25. The summed E-state index contributed by atoms with van der Waals surface area (Å²) in [5, 5.41) is 26.5. The van der Waals surface area contributed by atoms with Crippen molar-refractivity contribution >= 4 is 23.5 Å². The third kappa shape index (κ3) is 7.45. The molecule has 0 saturated carbocycles. The fourth-order valence-corrected chi connectivity index (χ4v) is 2.99. The van der Waals surface area contributed by atoms with Crippen LogP contribution < -0.4 is 4.74 Å². The van der Waals surface area contributed by atoms with Crippen molar-refractivity contribution in [1.29, 1.82) is 10.5 Å². The lowest BCUT2D eigenvalue weighted by atomic mass is 10.1. The molecule has 0 spiro atoms. The van der Waals surface area contributed by atoms with E-state index in [0.29, 0.717) is 40.2 Å². The number of hydrogen-bond acceptors (Lipinski definition) is 7. The highest BCUT2D eigenvalue weighted by atomic mass is 19.1. The summed E-state index contributed by atoms with van der Waals surface area (Å²) >= 11 is 0. The second-order valence-electron chi connectivity index (χ2n) is 7.84. The zero-order chi connectivity index (χ0) is 28.4. The molecule has 1 N–H and O–H groups in total. The molecule has 0 aliphatic heterocycles. The van der Waals surface area contributed by atoms with Crippen molar-refractivity contribution in [3.05, 3.63) is 93.5 Å². The highest BCUT2D eigenvalue weighted by molar-refractivity contribution is 5.80. The molecule has 194 valence electrons. The first kappa shape index (κ1) is 29.1. The summed E-state index contributed by atoms with van der Waals surface area (Å²) in [6.45, 7) is 4.57. The molecule has 1 aromatic heterocycles. The number of aromatic hydroxyl groups is 1. The summed E-state index contributed by atoms with van der Waals surface area (Å²) in [6, 6.07) is 12.8. The molecule has 0 amide bonds. The number of aldehydes is 2. The van der Waals surface area contributed by atoms with Crippen molar-refractivity contribution in [3.63, 3.8) is 0 Å². The number of furan rings is 1. The van der Waals surface area contributed by atoms with Gasteiger partial charge in [0, 0.05) is 11.5 Å².